The molecule has 264 valence electrons. The lowest BCUT2D eigenvalue weighted by Crippen LogP contribution is -2.35. The minimum atomic E-state index is -0.895. The number of nitrogens with zero attached hydrogens (tertiary/aromatic N) is 5. The number of aryl methyl sites for hydroxylation is 1. The molecule has 0 aliphatic carbocycles. The Labute approximate surface area is 288 Å². The number of hydrogen-bond acceptors (Lipinski definition) is 7. The summed E-state index contributed by atoms with van der Waals surface area (Å²) in [6, 6.07) is 15.6. The number of fused-ring (bicyclic) bond motifs is 1. The first-order chi connectivity index (χ1) is 23.8. The Hall–Kier alpha value is -4.38. The Morgan fingerprint density at radius 2 is 1.65 bits per heavy atom. The molecule has 1 unspecified atom stereocenters. The van der Waals surface area contributed by atoms with E-state index in [2.05, 4.69) is 39.5 Å². The Bertz CT molecular complexity index is 1690. The van der Waals surface area contributed by atoms with Gasteiger partial charge in [0.05, 0.1) is 32.4 Å². The van der Waals surface area contributed by atoms with Gasteiger partial charge >= 0.3 is 0 Å². The van der Waals surface area contributed by atoms with E-state index in [1.807, 2.05) is 6.07 Å². The topological polar surface area (TPSA) is 72.3 Å². The molecule has 0 saturated carbocycles. The van der Waals surface area contributed by atoms with Crippen molar-refractivity contribution in [1.29, 1.82) is 0 Å². The molecule has 49 heavy (non-hydrogen) atoms. The zero-order valence-corrected chi connectivity index (χ0v) is 29.4. The summed E-state index contributed by atoms with van der Waals surface area (Å²) in [6.45, 7) is 7.74. The van der Waals surface area contributed by atoms with Crippen molar-refractivity contribution < 1.29 is 27.8 Å². The monoisotopic (exact) mass is 677 g/mol. The van der Waals surface area contributed by atoms with E-state index in [9.17, 15) is 13.6 Å². The standard InChI is InChI=1S/C38H49F2N5O4/c1-6-7-10-19-45-33-13-9-8-12-32(33)41-38(45)44-18-11-17-43(21-22-44)20-16-28(27-14-15-30(39)31(40)23-27)26-42(2)37(46)29-24-34(47-3)36(49-5)35(25-29)48-4/h8-9,12-15,23-25,28H,6-7,10-11,16-22,26H2,1-5H3. The van der Waals surface area contributed by atoms with Crippen molar-refractivity contribution in [1.82, 2.24) is 19.4 Å². The highest BCUT2D eigenvalue weighted by molar-refractivity contribution is 5.95. The van der Waals surface area contributed by atoms with Gasteiger partial charge in [-0.05, 0) is 74.3 Å². The molecule has 2 heterocycles. The number of hydrogen-bond donors (Lipinski definition) is 0. The summed E-state index contributed by atoms with van der Waals surface area (Å²) in [4.78, 5) is 25.2. The van der Waals surface area contributed by atoms with E-state index >= 15 is 0 Å². The fraction of sp³-hybridized carbons (Fsp3) is 0.474. The number of carbonyl (C=O) groups is 1. The van der Waals surface area contributed by atoms with Gasteiger partial charge in [0.2, 0.25) is 11.7 Å². The minimum absolute atomic E-state index is 0.229. The van der Waals surface area contributed by atoms with Crippen LogP contribution in [0, 0.1) is 11.6 Å². The maximum Gasteiger partial charge on any atom is 0.253 e. The van der Waals surface area contributed by atoms with Crippen LogP contribution in [0.15, 0.2) is 54.6 Å². The van der Waals surface area contributed by atoms with Crippen LogP contribution in [-0.4, -0.2) is 92.9 Å². The van der Waals surface area contributed by atoms with Crippen LogP contribution >= 0.6 is 0 Å². The highest BCUT2D eigenvalue weighted by Gasteiger charge is 2.25. The third kappa shape index (κ3) is 8.44. The van der Waals surface area contributed by atoms with Crippen LogP contribution < -0.4 is 19.1 Å². The maximum absolute atomic E-state index is 14.5. The summed E-state index contributed by atoms with van der Waals surface area (Å²) in [5, 5.41) is 0. The number of ether oxygens (including phenoxy) is 3. The molecule has 0 spiro atoms. The maximum atomic E-state index is 14.5. The largest absolute Gasteiger partial charge is 0.493 e. The van der Waals surface area contributed by atoms with E-state index in [4.69, 9.17) is 19.2 Å². The van der Waals surface area contributed by atoms with Crippen molar-refractivity contribution in [3.05, 3.63) is 77.4 Å². The molecule has 9 nitrogen and oxygen atoms in total. The number of methoxy groups -OCH3 is 3. The van der Waals surface area contributed by atoms with Crippen molar-refractivity contribution in [3.8, 4) is 17.2 Å². The molecular weight excluding hydrogens is 628 g/mol. The van der Waals surface area contributed by atoms with E-state index in [-0.39, 0.29) is 11.8 Å². The molecule has 1 aliphatic heterocycles. The molecule has 1 fully saturated rings. The highest BCUT2D eigenvalue weighted by atomic mass is 19.2. The number of likely N-dealkylation sites (N-methyl/N-ethyl adjacent to an activating group) is 1. The van der Waals surface area contributed by atoms with Crippen LogP contribution in [0.25, 0.3) is 11.0 Å². The van der Waals surface area contributed by atoms with E-state index in [0.717, 1.165) is 69.6 Å². The summed E-state index contributed by atoms with van der Waals surface area (Å²) in [5.74, 6) is -0.0809. The molecule has 1 amide bonds. The molecule has 5 rings (SSSR count). The molecule has 1 atom stereocenters. The van der Waals surface area contributed by atoms with Gasteiger partial charge in [-0.2, -0.15) is 0 Å². The number of anilines is 1. The smallest absolute Gasteiger partial charge is 0.253 e. The van der Waals surface area contributed by atoms with Crippen LogP contribution in [-0.2, 0) is 6.54 Å². The molecule has 1 aliphatic rings. The van der Waals surface area contributed by atoms with Gasteiger partial charge in [0, 0.05) is 51.3 Å². The first-order valence-electron chi connectivity index (χ1n) is 17.2. The fourth-order valence-electron chi connectivity index (χ4n) is 6.75. The third-order valence-electron chi connectivity index (χ3n) is 9.45. The molecule has 4 aromatic rings. The van der Waals surface area contributed by atoms with Gasteiger partial charge in [-0.1, -0.05) is 38.0 Å². The molecule has 3 aromatic carbocycles. The van der Waals surface area contributed by atoms with Crippen molar-refractivity contribution in [2.45, 2.75) is 51.5 Å². The zero-order valence-electron chi connectivity index (χ0n) is 29.4. The molecule has 1 aromatic heterocycles. The summed E-state index contributed by atoms with van der Waals surface area (Å²) in [6.07, 6.45) is 5.11. The van der Waals surface area contributed by atoms with Crippen LogP contribution in [0.2, 0.25) is 0 Å². The minimum Gasteiger partial charge on any atom is -0.493 e. The second kappa shape index (κ2) is 16.8. The number of para-hydroxylation sites is 2. The average Bonchev–Trinajstić information content (AvgIpc) is 3.31. The van der Waals surface area contributed by atoms with Gasteiger partial charge in [0.15, 0.2) is 23.1 Å². The lowest BCUT2D eigenvalue weighted by molar-refractivity contribution is 0.0782. The van der Waals surface area contributed by atoms with Crippen LogP contribution in [0.5, 0.6) is 17.2 Å². The van der Waals surface area contributed by atoms with E-state index in [1.165, 1.54) is 45.8 Å². The number of carbonyl (C=O) groups excluding carboxylic acids is 1. The predicted molar refractivity (Wildman–Crippen MR) is 189 cm³/mol. The van der Waals surface area contributed by atoms with Crippen molar-refractivity contribution in [2.75, 3.05) is 72.5 Å². The summed E-state index contributed by atoms with van der Waals surface area (Å²) in [5.41, 5.74) is 3.22. The van der Waals surface area contributed by atoms with E-state index in [0.29, 0.717) is 41.3 Å². The normalized spacial score (nSPS) is 14.5. The Balaban J connectivity index is 1.30. The number of aromatic nitrogens is 2. The number of benzene rings is 3. The highest BCUT2D eigenvalue weighted by Crippen LogP contribution is 2.38. The number of unbranched alkanes of at least 4 members (excludes halogenated alkanes) is 2. The first kappa shape index (κ1) is 35.9. The van der Waals surface area contributed by atoms with Gasteiger partial charge in [-0.3, -0.25) is 4.79 Å². The lowest BCUT2D eigenvalue weighted by atomic mass is 9.94. The van der Waals surface area contributed by atoms with E-state index < -0.39 is 11.6 Å². The van der Waals surface area contributed by atoms with Crippen LogP contribution in [0.1, 0.15) is 60.9 Å². The van der Waals surface area contributed by atoms with Crippen molar-refractivity contribution in [3.63, 3.8) is 0 Å². The van der Waals surface area contributed by atoms with Gasteiger partial charge in [-0.25, -0.2) is 13.8 Å². The molecule has 0 N–H and O–H groups in total. The summed E-state index contributed by atoms with van der Waals surface area (Å²) in [7, 11) is 6.22. The van der Waals surface area contributed by atoms with E-state index in [1.54, 1.807) is 30.1 Å². The molecule has 0 bridgehead atoms. The Morgan fingerprint density at radius 3 is 2.35 bits per heavy atom. The number of amides is 1. The third-order valence-corrected chi connectivity index (χ3v) is 9.45. The number of rotatable bonds is 15. The van der Waals surface area contributed by atoms with Gasteiger partial charge in [-0.15, -0.1) is 0 Å². The zero-order chi connectivity index (χ0) is 34.9. The Kier molecular flexibility index (Phi) is 12.3. The quantitative estimate of drug-likeness (QED) is 0.126. The summed E-state index contributed by atoms with van der Waals surface area (Å²) < 4.78 is 47.1. The second-order valence-corrected chi connectivity index (χ2v) is 12.7. The van der Waals surface area contributed by atoms with Crippen molar-refractivity contribution >= 4 is 22.9 Å². The average molecular weight is 678 g/mol. The number of halogens is 2. The fourth-order valence-corrected chi connectivity index (χ4v) is 6.75. The molecule has 11 heteroatoms. The predicted octanol–water partition coefficient (Wildman–Crippen LogP) is 6.99. The first-order valence-corrected chi connectivity index (χ1v) is 17.2. The summed E-state index contributed by atoms with van der Waals surface area (Å²) >= 11 is 0. The van der Waals surface area contributed by atoms with Gasteiger partial charge in [0.25, 0.3) is 5.91 Å². The Morgan fingerprint density at radius 1 is 0.898 bits per heavy atom. The van der Waals surface area contributed by atoms with Gasteiger partial charge in [0.1, 0.15) is 0 Å². The number of imidazole rings is 1. The second-order valence-electron chi connectivity index (χ2n) is 12.7. The SMILES string of the molecule is CCCCCn1c(N2CCCN(CCC(CN(C)C(=O)c3cc(OC)c(OC)c(OC)c3)c3ccc(F)c(F)c3)CC2)nc2ccccc21. The molecule has 0 radical (unpaired) electrons. The lowest BCUT2D eigenvalue weighted by Gasteiger charge is -2.28. The molecule has 1 saturated heterocycles. The van der Waals surface area contributed by atoms with Gasteiger partial charge < -0.3 is 33.5 Å². The van der Waals surface area contributed by atoms with Crippen molar-refractivity contribution in [2.24, 2.45) is 0 Å². The van der Waals surface area contributed by atoms with Crippen LogP contribution in [0.4, 0.5) is 14.7 Å². The molecular formula is C38H49F2N5O4. The van der Waals surface area contributed by atoms with Crippen LogP contribution in [0.3, 0.4) is 0 Å².